The number of anilines is 1. The standard InChI is InChI=1S/C21H23N5O2S2/c1-3-5-11-25-19(28)18-16(10-12-29-18)26-20(25)23-24-21(26)30-13-17(27)22-15-9-7-6-8-14(15)4-2/h6-10,12H,3-5,11,13H2,1-2H3,(H,22,27). The van der Waals surface area contributed by atoms with E-state index in [-0.39, 0.29) is 17.2 Å². The zero-order valence-corrected chi connectivity index (χ0v) is 18.6. The van der Waals surface area contributed by atoms with E-state index in [2.05, 4.69) is 29.4 Å². The van der Waals surface area contributed by atoms with Crippen LogP contribution in [0.2, 0.25) is 0 Å². The first kappa shape index (κ1) is 20.6. The molecule has 3 aromatic heterocycles. The maximum Gasteiger partial charge on any atom is 0.272 e. The van der Waals surface area contributed by atoms with Crippen molar-refractivity contribution < 1.29 is 4.79 Å². The van der Waals surface area contributed by atoms with Crippen LogP contribution in [-0.4, -0.2) is 30.8 Å². The predicted molar refractivity (Wildman–Crippen MR) is 123 cm³/mol. The molecule has 0 saturated heterocycles. The molecule has 3 heterocycles. The zero-order valence-electron chi connectivity index (χ0n) is 16.9. The Labute approximate surface area is 182 Å². The lowest BCUT2D eigenvalue weighted by molar-refractivity contribution is -0.113. The van der Waals surface area contributed by atoms with Gasteiger partial charge in [0.1, 0.15) is 4.70 Å². The predicted octanol–water partition coefficient (Wildman–Crippen LogP) is 4.20. The van der Waals surface area contributed by atoms with Gasteiger partial charge in [-0.05, 0) is 35.9 Å². The van der Waals surface area contributed by atoms with Gasteiger partial charge in [0.25, 0.3) is 5.56 Å². The molecule has 0 radical (unpaired) electrons. The van der Waals surface area contributed by atoms with Gasteiger partial charge in [0.15, 0.2) is 5.16 Å². The number of aromatic nitrogens is 4. The fraction of sp³-hybridized carbons (Fsp3) is 0.333. The molecule has 30 heavy (non-hydrogen) atoms. The number of carbonyl (C=O) groups is 1. The van der Waals surface area contributed by atoms with E-state index < -0.39 is 0 Å². The molecule has 0 bridgehead atoms. The summed E-state index contributed by atoms with van der Waals surface area (Å²) in [7, 11) is 0. The van der Waals surface area contributed by atoms with Crippen LogP contribution in [0.15, 0.2) is 45.7 Å². The highest BCUT2D eigenvalue weighted by atomic mass is 32.2. The fourth-order valence-electron chi connectivity index (χ4n) is 3.38. The van der Waals surface area contributed by atoms with E-state index in [4.69, 9.17) is 0 Å². The van der Waals surface area contributed by atoms with E-state index in [1.165, 1.54) is 23.1 Å². The highest BCUT2D eigenvalue weighted by molar-refractivity contribution is 7.99. The Kier molecular flexibility index (Phi) is 6.19. The molecule has 0 saturated carbocycles. The van der Waals surface area contributed by atoms with Crippen LogP contribution in [0.1, 0.15) is 32.3 Å². The van der Waals surface area contributed by atoms with Crippen molar-refractivity contribution >= 4 is 50.7 Å². The molecule has 0 atom stereocenters. The smallest absolute Gasteiger partial charge is 0.272 e. The maximum absolute atomic E-state index is 12.9. The lowest BCUT2D eigenvalue weighted by atomic mass is 10.1. The van der Waals surface area contributed by atoms with Crippen molar-refractivity contribution in [1.29, 1.82) is 0 Å². The normalized spacial score (nSPS) is 11.4. The van der Waals surface area contributed by atoms with Crippen molar-refractivity contribution in [1.82, 2.24) is 19.2 Å². The number of nitrogens with zero attached hydrogens (tertiary/aromatic N) is 4. The van der Waals surface area contributed by atoms with Crippen LogP contribution in [0.4, 0.5) is 5.69 Å². The summed E-state index contributed by atoms with van der Waals surface area (Å²) < 4.78 is 4.26. The zero-order chi connectivity index (χ0) is 21.1. The Bertz CT molecular complexity index is 1260. The molecule has 0 aliphatic heterocycles. The average Bonchev–Trinajstić information content (AvgIpc) is 3.40. The molecule has 0 spiro atoms. The number of fused-ring (bicyclic) bond motifs is 3. The summed E-state index contributed by atoms with van der Waals surface area (Å²) in [6.45, 7) is 4.75. The van der Waals surface area contributed by atoms with Crippen LogP contribution in [0.25, 0.3) is 16.0 Å². The van der Waals surface area contributed by atoms with E-state index in [9.17, 15) is 9.59 Å². The number of hydrogen-bond acceptors (Lipinski definition) is 6. The molecular formula is C21H23N5O2S2. The lowest BCUT2D eigenvalue weighted by Gasteiger charge is -2.10. The summed E-state index contributed by atoms with van der Waals surface area (Å²) in [5.41, 5.74) is 2.70. The minimum absolute atomic E-state index is 0.0289. The first-order chi connectivity index (χ1) is 14.6. The van der Waals surface area contributed by atoms with E-state index in [0.717, 1.165) is 36.0 Å². The van der Waals surface area contributed by atoms with Gasteiger partial charge in [-0.15, -0.1) is 21.5 Å². The van der Waals surface area contributed by atoms with Crippen LogP contribution in [-0.2, 0) is 17.8 Å². The van der Waals surface area contributed by atoms with Crippen molar-refractivity contribution in [2.45, 2.75) is 44.8 Å². The SMILES string of the molecule is CCCCn1c(=O)c2sccc2n2c(SCC(=O)Nc3ccccc3CC)nnc12. The topological polar surface area (TPSA) is 81.3 Å². The first-order valence-corrected chi connectivity index (χ1v) is 11.9. The van der Waals surface area contributed by atoms with Gasteiger partial charge in [-0.25, -0.2) is 0 Å². The molecule has 1 N–H and O–H groups in total. The number of thiophene rings is 1. The van der Waals surface area contributed by atoms with Crippen LogP contribution < -0.4 is 10.9 Å². The molecule has 1 amide bonds. The largest absolute Gasteiger partial charge is 0.325 e. The number of thioether (sulfide) groups is 1. The molecule has 4 rings (SSSR count). The van der Waals surface area contributed by atoms with Crippen molar-refractivity contribution in [3.05, 3.63) is 51.6 Å². The van der Waals surface area contributed by atoms with Gasteiger partial charge in [0, 0.05) is 12.2 Å². The average molecular weight is 442 g/mol. The Morgan fingerprint density at radius 2 is 2.03 bits per heavy atom. The molecule has 1 aromatic carbocycles. The quantitative estimate of drug-likeness (QED) is 0.415. The van der Waals surface area contributed by atoms with Crippen molar-refractivity contribution in [2.24, 2.45) is 0 Å². The minimum atomic E-state index is -0.0986. The minimum Gasteiger partial charge on any atom is -0.325 e. The summed E-state index contributed by atoms with van der Waals surface area (Å²) in [4.78, 5) is 25.4. The van der Waals surface area contributed by atoms with Crippen molar-refractivity contribution in [3.63, 3.8) is 0 Å². The molecule has 7 nitrogen and oxygen atoms in total. The Hall–Kier alpha value is -2.65. The first-order valence-electron chi connectivity index (χ1n) is 9.99. The summed E-state index contributed by atoms with van der Waals surface area (Å²) >= 11 is 2.74. The number of benzene rings is 1. The van der Waals surface area contributed by atoms with Crippen LogP contribution in [0.3, 0.4) is 0 Å². The van der Waals surface area contributed by atoms with Crippen molar-refractivity contribution in [2.75, 3.05) is 11.1 Å². The van der Waals surface area contributed by atoms with Gasteiger partial charge < -0.3 is 5.32 Å². The van der Waals surface area contributed by atoms with Gasteiger partial charge in [0.05, 0.1) is 11.3 Å². The third kappa shape index (κ3) is 3.87. The number of aryl methyl sites for hydroxylation is 2. The van der Waals surface area contributed by atoms with Crippen LogP contribution in [0, 0.1) is 0 Å². The number of unbranched alkanes of at least 4 members (excludes halogenated alkanes) is 1. The van der Waals surface area contributed by atoms with Gasteiger partial charge in [0.2, 0.25) is 11.7 Å². The molecule has 4 aromatic rings. The number of para-hydroxylation sites is 1. The number of amides is 1. The number of rotatable bonds is 8. The lowest BCUT2D eigenvalue weighted by Crippen LogP contribution is -2.22. The molecule has 0 unspecified atom stereocenters. The highest BCUT2D eigenvalue weighted by Gasteiger charge is 2.18. The molecule has 0 fully saturated rings. The second-order valence-electron chi connectivity index (χ2n) is 6.91. The van der Waals surface area contributed by atoms with Gasteiger partial charge in [-0.1, -0.05) is 50.2 Å². The molecule has 0 aliphatic rings. The van der Waals surface area contributed by atoms with Crippen LogP contribution >= 0.6 is 23.1 Å². The summed E-state index contributed by atoms with van der Waals surface area (Å²) in [5.74, 6) is 0.635. The second-order valence-corrected chi connectivity index (χ2v) is 8.77. The molecular weight excluding hydrogens is 418 g/mol. The summed E-state index contributed by atoms with van der Waals surface area (Å²) in [6.07, 6.45) is 2.72. The Balaban J connectivity index is 1.61. The molecule has 156 valence electrons. The Morgan fingerprint density at radius 1 is 1.20 bits per heavy atom. The van der Waals surface area contributed by atoms with Crippen molar-refractivity contribution in [3.8, 4) is 0 Å². The second kappa shape index (κ2) is 9.01. The Morgan fingerprint density at radius 3 is 2.83 bits per heavy atom. The van der Waals surface area contributed by atoms with Crippen LogP contribution in [0.5, 0.6) is 0 Å². The third-order valence-corrected chi connectivity index (χ3v) is 6.74. The van der Waals surface area contributed by atoms with Gasteiger partial charge in [-0.2, -0.15) is 0 Å². The highest BCUT2D eigenvalue weighted by Crippen LogP contribution is 2.25. The van der Waals surface area contributed by atoms with E-state index in [1.54, 1.807) is 4.57 Å². The van der Waals surface area contributed by atoms with E-state index in [0.29, 0.717) is 22.2 Å². The molecule has 0 aliphatic carbocycles. The summed E-state index contributed by atoms with van der Waals surface area (Å²) in [5, 5.41) is 14.1. The molecule has 9 heteroatoms. The maximum atomic E-state index is 12.9. The number of nitrogens with one attached hydrogen (secondary N) is 1. The van der Waals surface area contributed by atoms with Gasteiger partial charge >= 0.3 is 0 Å². The number of hydrogen-bond donors (Lipinski definition) is 1. The fourth-order valence-corrected chi connectivity index (χ4v) is 4.94. The monoisotopic (exact) mass is 441 g/mol. The van der Waals surface area contributed by atoms with Gasteiger partial charge in [-0.3, -0.25) is 18.6 Å². The number of carbonyl (C=O) groups excluding carboxylic acids is 1. The third-order valence-electron chi connectivity index (χ3n) is 4.92. The summed E-state index contributed by atoms with van der Waals surface area (Å²) in [6, 6.07) is 9.71. The van der Waals surface area contributed by atoms with E-state index in [1.807, 2.05) is 40.1 Å². The van der Waals surface area contributed by atoms with E-state index >= 15 is 0 Å².